The number of hydrogen-bond donors (Lipinski definition) is 2. The van der Waals surface area contributed by atoms with Crippen molar-refractivity contribution >= 4 is 39.5 Å². The lowest BCUT2D eigenvalue weighted by Gasteiger charge is -2.07. The summed E-state index contributed by atoms with van der Waals surface area (Å²) in [6.45, 7) is 0. The average molecular weight is 269 g/mol. The monoisotopic (exact) mass is 269 g/mol. The molecule has 3 N–H and O–H groups in total. The zero-order valence-electron chi connectivity index (χ0n) is 9.96. The van der Waals surface area contributed by atoms with Crippen LogP contribution < -0.4 is 11.1 Å². The van der Waals surface area contributed by atoms with Crippen LogP contribution in [0, 0.1) is 0 Å². The molecule has 0 fully saturated rings. The van der Waals surface area contributed by atoms with Gasteiger partial charge in [-0.25, -0.2) is 0 Å². The first-order chi connectivity index (χ1) is 9.25. The summed E-state index contributed by atoms with van der Waals surface area (Å²) in [6.07, 6.45) is 1.73. The van der Waals surface area contributed by atoms with Crippen molar-refractivity contribution in [3.8, 4) is 0 Å². The molecule has 5 heteroatoms. The lowest BCUT2D eigenvalue weighted by atomic mass is 10.2. The smallest absolute Gasteiger partial charge is 0.267 e. The van der Waals surface area contributed by atoms with Crippen molar-refractivity contribution in [2.75, 3.05) is 11.1 Å². The van der Waals surface area contributed by atoms with Gasteiger partial charge < -0.3 is 11.1 Å². The molecular formula is C14H11N3OS. The van der Waals surface area contributed by atoms with Crippen LogP contribution in [0.25, 0.3) is 10.9 Å². The number of carbonyl (C=O) groups excluding carboxylic acids is 1. The number of pyridine rings is 1. The molecule has 3 rings (SSSR count). The molecule has 0 aliphatic rings. The summed E-state index contributed by atoms with van der Waals surface area (Å²) in [5.41, 5.74) is 7.83. The van der Waals surface area contributed by atoms with Gasteiger partial charge >= 0.3 is 0 Å². The number of benzene rings is 1. The second-order valence-corrected chi connectivity index (χ2v) is 4.95. The Morgan fingerprint density at radius 2 is 2.11 bits per heavy atom. The number of nitrogen functional groups attached to an aromatic ring is 1. The molecule has 2 aromatic heterocycles. The van der Waals surface area contributed by atoms with E-state index in [-0.39, 0.29) is 5.91 Å². The van der Waals surface area contributed by atoms with Crippen LogP contribution in [0.1, 0.15) is 9.67 Å². The number of carbonyl (C=O) groups is 1. The molecule has 94 valence electrons. The molecule has 0 saturated carbocycles. The number of nitrogens with one attached hydrogen (secondary N) is 1. The van der Waals surface area contributed by atoms with E-state index in [4.69, 9.17) is 5.73 Å². The quantitative estimate of drug-likeness (QED) is 0.751. The van der Waals surface area contributed by atoms with Gasteiger partial charge in [-0.1, -0.05) is 6.07 Å². The van der Waals surface area contributed by atoms with Crippen molar-refractivity contribution in [1.82, 2.24) is 4.98 Å². The van der Waals surface area contributed by atoms with Gasteiger partial charge in [0.1, 0.15) is 4.88 Å². The maximum absolute atomic E-state index is 12.1. The van der Waals surface area contributed by atoms with Gasteiger partial charge in [0.05, 0.1) is 16.9 Å². The standard InChI is InChI=1S/C14H11N3OS/c15-10-6-8-19-13(10)14(18)17-12-5-1-4-11-9(12)3-2-7-16-11/h1-8H,15H2,(H,17,18). The van der Waals surface area contributed by atoms with Crippen LogP contribution in [0.3, 0.4) is 0 Å². The molecule has 0 saturated heterocycles. The highest BCUT2D eigenvalue weighted by Gasteiger charge is 2.12. The van der Waals surface area contributed by atoms with E-state index in [2.05, 4.69) is 10.3 Å². The Bertz CT molecular complexity index is 746. The maximum atomic E-state index is 12.1. The van der Waals surface area contributed by atoms with E-state index in [1.807, 2.05) is 30.3 Å². The Morgan fingerprint density at radius 3 is 2.89 bits per heavy atom. The highest BCUT2D eigenvalue weighted by Crippen LogP contribution is 2.24. The van der Waals surface area contributed by atoms with Crippen molar-refractivity contribution in [3.63, 3.8) is 0 Å². The first-order valence-corrected chi connectivity index (χ1v) is 6.62. The van der Waals surface area contributed by atoms with Gasteiger partial charge in [0.25, 0.3) is 5.91 Å². The Hall–Kier alpha value is -2.40. The molecule has 3 aromatic rings. The number of fused-ring (bicyclic) bond motifs is 1. The van der Waals surface area contributed by atoms with Gasteiger partial charge in [-0.05, 0) is 35.7 Å². The van der Waals surface area contributed by atoms with E-state index in [0.717, 1.165) is 16.6 Å². The summed E-state index contributed by atoms with van der Waals surface area (Å²) in [4.78, 5) is 16.9. The van der Waals surface area contributed by atoms with Gasteiger partial charge in [-0.15, -0.1) is 11.3 Å². The normalized spacial score (nSPS) is 10.5. The fourth-order valence-electron chi connectivity index (χ4n) is 1.90. The summed E-state index contributed by atoms with van der Waals surface area (Å²) >= 11 is 1.33. The molecule has 1 amide bonds. The summed E-state index contributed by atoms with van der Waals surface area (Å²) in [5, 5.41) is 5.59. The molecule has 0 radical (unpaired) electrons. The molecule has 0 aliphatic heterocycles. The number of nitrogens with two attached hydrogens (primary N) is 1. The van der Waals surface area contributed by atoms with E-state index in [1.165, 1.54) is 11.3 Å². The molecule has 0 unspecified atom stereocenters. The number of nitrogens with zero attached hydrogens (tertiary/aromatic N) is 1. The van der Waals surface area contributed by atoms with Crippen LogP contribution in [0.5, 0.6) is 0 Å². The number of amides is 1. The molecular weight excluding hydrogens is 258 g/mol. The second kappa shape index (κ2) is 4.70. The van der Waals surface area contributed by atoms with Gasteiger partial charge in [-0.2, -0.15) is 0 Å². The van der Waals surface area contributed by atoms with Crippen molar-refractivity contribution < 1.29 is 4.79 Å². The molecule has 1 aromatic carbocycles. The summed E-state index contributed by atoms with van der Waals surface area (Å²) in [5.74, 6) is -0.191. The third kappa shape index (κ3) is 2.15. The number of aromatic nitrogens is 1. The Balaban J connectivity index is 1.98. The van der Waals surface area contributed by atoms with Crippen LogP contribution >= 0.6 is 11.3 Å². The van der Waals surface area contributed by atoms with E-state index in [1.54, 1.807) is 17.6 Å². The molecule has 4 nitrogen and oxygen atoms in total. The van der Waals surface area contributed by atoms with Gasteiger partial charge in [0.15, 0.2) is 0 Å². The first-order valence-electron chi connectivity index (χ1n) is 5.74. The average Bonchev–Trinajstić information content (AvgIpc) is 2.85. The second-order valence-electron chi connectivity index (χ2n) is 4.03. The molecule has 0 spiro atoms. The van der Waals surface area contributed by atoms with Gasteiger partial charge in [-0.3, -0.25) is 9.78 Å². The zero-order valence-corrected chi connectivity index (χ0v) is 10.8. The fourth-order valence-corrected chi connectivity index (χ4v) is 2.61. The number of thiophene rings is 1. The SMILES string of the molecule is Nc1ccsc1C(=O)Nc1cccc2ncccc12. The minimum atomic E-state index is -0.191. The highest BCUT2D eigenvalue weighted by atomic mass is 32.1. The molecule has 2 heterocycles. The minimum Gasteiger partial charge on any atom is -0.397 e. The lowest BCUT2D eigenvalue weighted by molar-refractivity contribution is 0.103. The maximum Gasteiger partial charge on any atom is 0.267 e. The summed E-state index contributed by atoms with van der Waals surface area (Å²) in [7, 11) is 0. The predicted molar refractivity (Wildman–Crippen MR) is 78.4 cm³/mol. The van der Waals surface area contributed by atoms with E-state index in [9.17, 15) is 4.79 Å². The van der Waals surface area contributed by atoms with Crippen molar-refractivity contribution in [2.24, 2.45) is 0 Å². The van der Waals surface area contributed by atoms with Crippen molar-refractivity contribution in [3.05, 3.63) is 52.9 Å². The summed E-state index contributed by atoms with van der Waals surface area (Å²) < 4.78 is 0. The van der Waals surface area contributed by atoms with Crippen LogP contribution in [-0.2, 0) is 0 Å². The van der Waals surface area contributed by atoms with Crippen LogP contribution in [0.4, 0.5) is 11.4 Å². The van der Waals surface area contributed by atoms with Gasteiger partial charge in [0, 0.05) is 11.6 Å². The van der Waals surface area contributed by atoms with E-state index < -0.39 is 0 Å². The summed E-state index contributed by atoms with van der Waals surface area (Å²) in [6, 6.07) is 11.1. The minimum absolute atomic E-state index is 0.191. The number of hydrogen-bond acceptors (Lipinski definition) is 4. The largest absolute Gasteiger partial charge is 0.397 e. The topological polar surface area (TPSA) is 68.0 Å². The van der Waals surface area contributed by atoms with E-state index in [0.29, 0.717) is 10.6 Å². The van der Waals surface area contributed by atoms with Crippen LogP contribution in [0.15, 0.2) is 48.0 Å². The van der Waals surface area contributed by atoms with Crippen molar-refractivity contribution in [1.29, 1.82) is 0 Å². The number of anilines is 2. The first kappa shape index (κ1) is 11.7. The molecule has 19 heavy (non-hydrogen) atoms. The lowest BCUT2D eigenvalue weighted by Crippen LogP contribution is -2.12. The predicted octanol–water partition coefficient (Wildman–Crippen LogP) is 3.13. The number of rotatable bonds is 2. The van der Waals surface area contributed by atoms with Crippen molar-refractivity contribution in [2.45, 2.75) is 0 Å². The third-order valence-electron chi connectivity index (χ3n) is 2.80. The zero-order chi connectivity index (χ0) is 13.2. The Morgan fingerprint density at radius 1 is 1.21 bits per heavy atom. The third-order valence-corrected chi connectivity index (χ3v) is 3.72. The molecule has 0 atom stereocenters. The molecule has 0 aliphatic carbocycles. The Labute approximate surface area is 113 Å². The molecule has 0 bridgehead atoms. The Kier molecular flexibility index (Phi) is 2.89. The highest BCUT2D eigenvalue weighted by molar-refractivity contribution is 7.12. The van der Waals surface area contributed by atoms with Crippen LogP contribution in [-0.4, -0.2) is 10.9 Å². The van der Waals surface area contributed by atoms with E-state index >= 15 is 0 Å². The van der Waals surface area contributed by atoms with Gasteiger partial charge in [0.2, 0.25) is 0 Å². The fraction of sp³-hybridized carbons (Fsp3) is 0. The van der Waals surface area contributed by atoms with Crippen LogP contribution in [0.2, 0.25) is 0 Å².